The average Bonchev–Trinajstić information content (AvgIpc) is 2.46. The van der Waals surface area contributed by atoms with E-state index in [9.17, 15) is 14.7 Å². The second-order valence-corrected chi connectivity index (χ2v) is 4.59. The maximum atomic E-state index is 11.7. The van der Waals surface area contributed by atoms with Crippen LogP contribution in [0.25, 0.3) is 0 Å². The third-order valence-electron chi connectivity index (χ3n) is 3.05. The van der Waals surface area contributed by atoms with Gasteiger partial charge in [-0.15, -0.1) is 0 Å². The first kappa shape index (κ1) is 12.4. The van der Waals surface area contributed by atoms with Crippen molar-refractivity contribution in [3.05, 3.63) is 23.8 Å². The zero-order valence-corrected chi connectivity index (χ0v) is 10.4. The normalized spacial score (nSPS) is 15.1. The first-order valence-electron chi connectivity index (χ1n) is 5.93. The van der Waals surface area contributed by atoms with Crippen LogP contribution in [-0.4, -0.2) is 29.6 Å². The van der Waals surface area contributed by atoms with Gasteiger partial charge in [-0.3, -0.25) is 4.79 Å². The molecule has 1 amide bonds. The number of nitrogens with one attached hydrogen (secondary N) is 1. The molecular weight excluding hydrogens is 232 g/mol. The number of hydrogen-bond acceptors (Lipinski definition) is 3. The van der Waals surface area contributed by atoms with Crippen molar-refractivity contribution in [3.8, 4) is 0 Å². The molecule has 1 aromatic rings. The summed E-state index contributed by atoms with van der Waals surface area (Å²) in [5.74, 6) is -1.18. The van der Waals surface area contributed by atoms with E-state index >= 15 is 0 Å². The van der Waals surface area contributed by atoms with Crippen LogP contribution in [0.5, 0.6) is 0 Å². The SMILES string of the molecule is CC(C)N1CCC(=O)Nc2c(C(=O)O)cccc21. The van der Waals surface area contributed by atoms with Crippen LogP contribution in [0, 0.1) is 0 Å². The largest absolute Gasteiger partial charge is 0.478 e. The van der Waals surface area contributed by atoms with Gasteiger partial charge in [-0.25, -0.2) is 4.79 Å². The van der Waals surface area contributed by atoms with Crippen molar-refractivity contribution in [1.29, 1.82) is 0 Å². The zero-order chi connectivity index (χ0) is 13.3. The molecule has 5 heteroatoms. The van der Waals surface area contributed by atoms with E-state index in [-0.39, 0.29) is 17.5 Å². The van der Waals surface area contributed by atoms with Gasteiger partial charge in [0.25, 0.3) is 0 Å². The van der Waals surface area contributed by atoms with Crippen LogP contribution in [0.3, 0.4) is 0 Å². The topological polar surface area (TPSA) is 69.6 Å². The summed E-state index contributed by atoms with van der Waals surface area (Å²) in [7, 11) is 0. The van der Waals surface area contributed by atoms with Gasteiger partial charge in [0.1, 0.15) is 0 Å². The van der Waals surface area contributed by atoms with Crippen LogP contribution >= 0.6 is 0 Å². The van der Waals surface area contributed by atoms with E-state index in [0.717, 1.165) is 5.69 Å². The lowest BCUT2D eigenvalue weighted by Crippen LogP contribution is -2.31. The Morgan fingerprint density at radius 3 is 2.78 bits per heavy atom. The summed E-state index contributed by atoms with van der Waals surface area (Å²) in [5, 5.41) is 11.9. The first-order chi connectivity index (χ1) is 8.50. The maximum absolute atomic E-state index is 11.7. The fraction of sp³-hybridized carbons (Fsp3) is 0.385. The number of carboxylic acids is 1. The van der Waals surface area contributed by atoms with E-state index in [1.165, 1.54) is 6.07 Å². The fourth-order valence-corrected chi connectivity index (χ4v) is 2.17. The molecule has 1 aliphatic rings. The second-order valence-electron chi connectivity index (χ2n) is 4.59. The summed E-state index contributed by atoms with van der Waals surface area (Å²) in [4.78, 5) is 24.9. The molecule has 0 aliphatic carbocycles. The number of carbonyl (C=O) groups excluding carboxylic acids is 1. The smallest absolute Gasteiger partial charge is 0.337 e. The Hall–Kier alpha value is -2.04. The summed E-state index contributed by atoms with van der Waals surface area (Å²) in [6, 6.07) is 5.26. The molecule has 0 aromatic heterocycles. The number of rotatable bonds is 2. The molecule has 96 valence electrons. The highest BCUT2D eigenvalue weighted by Gasteiger charge is 2.24. The van der Waals surface area contributed by atoms with Crippen LogP contribution in [-0.2, 0) is 4.79 Å². The van der Waals surface area contributed by atoms with E-state index in [0.29, 0.717) is 18.7 Å². The number of amides is 1. The first-order valence-corrected chi connectivity index (χ1v) is 5.93. The summed E-state index contributed by atoms with van der Waals surface area (Å²) in [5.41, 5.74) is 1.31. The number of para-hydroxylation sites is 1. The molecule has 0 saturated heterocycles. The monoisotopic (exact) mass is 248 g/mol. The fourth-order valence-electron chi connectivity index (χ4n) is 2.17. The summed E-state index contributed by atoms with van der Waals surface area (Å²) < 4.78 is 0. The molecule has 1 aliphatic heterocycles. The Bertz CT molecular complexity index is 497. The summed E-state index contributed by atoms with van der Waals surface area (Å²) in [6.45, 7) is 4.64. The Kier molecular flexibility index (Phi) is 3.23. The van der Waals surface area contributed by atoms with Crippen molar-refractivity contribution < 1.29 is 14.7 Å². The lowest BCUT2D eigenvalue weighted by molar-refractivity contribution is -0.115. The number of nitrogens with zero attached hydrogens (tertiary/aromatic N) is 1. The number of hydrogen-bond donors (Lipinski definition) is 2. The van der Waals surface area contributed by atoms with Crippen molar-refractivity contribution >= 4 is 23.3 Å². The molecule has 2 N–H and O–H groups in total. The van der Waals surface area contributed by atoms with Crippen molar-refractivity contribution in [2.75, 3.05) is 16.8 Å². The van der Waals surface area contributed by atoms with Gasteiger partial charge in [0.05, 0.1) is 16.9 Å². The molecule has 0 atom stereocenters. The minimum Gasteiger partial charge on any atom is -0.478 e. The molecule has 0 bridgehead atoms. The van der Waals surface area contributed by atoms with Gasteiger partial charge >= 0.3 is 5.97 Å². The van der Waals surface area contributed by atoms with Gasteiger partial charge in [0.2, 0.25) is 5.91 Å². The molecule has 1 aromatic carbocycles. The van der Waals surface area contributed by atoms with Gasteiger partial charge in [-0.1, -0.05) is 6.07 Å². The molecule has 2 rings (SSSR count). The van der Waals surface area contributed by atoms with Crippen molar-refractivity contribution in [3.63, 3.8) is 0 Å². The molecule has 1 heterocycles. The van der Waals surface area contributed by atoms with E-state index < -0.39 is 5.97 Å². The number of fused-ring (bicyclic) bond motifs is 1. The van der Waals surface area contributed by atoms with E-state index in [1.54, 1.807) is 6.07 Å². The predicted molar refractivity (Wildman–Crippen MR) is 69.1 cm³/mol. The molecule has 5 nitrogen and oxygen atoms in total. The maximum Gasteiger partial charge on any atom is 0.337 e. The molecule has 18 heavy (non-hydrogen) atoms. The van der Waals surface area contributed by atoms with E-state index in [1.807, 2.05) is 24.8 Å². The summed E-state index contributed by atoms with van der Waals surface area (Å²) in [6.07, 6.45) is 0.367. The van der Waals surface area contributed by atoms with Gasteiger partial charge in [0, 0.05) is 19.0 Å². The van der Waals surface area contributed by atoms with Gasteiger partial charge in [-0.05, 0) is 26.0 Å². The van der Waals surface area contributed by atoms with E-state index in [2.05, 4.69) is 5.32 Å². The van der Waals surface area contributed by atoms with Crippen LogP contribution in [0.1, 0.15) is 30.6 Å². The molecule has 0 radical (unpaired) electrons. The van der Waals surface area contributed by atoms with Gasteiger partial charge in [0.15, 0.2) is 0 Å². The highest BCUT2D eigenvalue weighted by atomic mass is 16.4. The third-order valence-corrected chi connectivity index (χ3v) is 3.05. The minimum absolute atomic E-state index is 0.133. The molecule has 0 saturated carbocycles. The van der Waals surface area contributed by atoms with Crippen LogP contribution < -0.4 is 10.2 Å². The highest BCUT2D eigenvalue weighted by molar-refractivity contribution is 6.05. The van der Waals surface area contributed by atoms with Gasteiger partial charge in [-0.2, -0.15) is 0 Å². The summed E-state index contributed by atoms with van der Waals surface area (Å²) >= 11 is 0. The number of carbonyl (C=O) groups is 2. The van der Waals surface area contributed by atoms with Crippen molar-refractivity contribution in [2.45, 2.75) is 26.3 Å². The average molecular weight is 248 g/mol. The Labute approximate surface area is 105 Å². The Balaban J connectivity index is 2.58. The zero-order valence-electron chi connectivity index (χ0n) is 10.4. The number of aromatic carboxylic acids is 1. The lowest BCUT2D eigenvalue weighted by Gasteiger charge is -2.28. The van der Waals surface area contributed by atoms with E-state index in [4.69, 9.17) is 0 Å². The quantitative estimate of drug-likeness (QED) is 0.839. The van der Waals surface area contributed by atoms with Crippen LogP contribution in [0.15, 0.2) is 18.2 Å². The Morgan fingerprint density at radius 2 is 2.17 bits per heavy atom. The van der Waals surface area contributed by atoms with Crippen LogP contribution in [0.2, 0.25) is 0 Å². The molecular formula is C13H16N2O3. The molecule has 0 unspecified atom stereocenters. The molecule has 0 fully saturated rings. The van der Waals surface area contributed by atoms with Gasteiger partial charge < -0.3 is 15.3 Å². The van der Waals surface area contributed by atoms with Crippen molar-refractivity contribution in [2.24, 2.45) is 0 Å². The number of benzene rings is 1. The van der Waals surface area contributed by atoms with Crippen LogP contribution in [0.4, 0.5) is 11.4 Å². The predicted octanol–water partition coefficient (Wildman–Crippen LogP) is 1.94. The number of anilines is 2. The Morgan fingerprint density at radius 1 is 1.44 bits per heavy atom. The van der Waals surface area contributed by atoms with Crippen molar-refractivity contribution in [1.82, 2.24) is 0 Å². The third kappa shape index (κ3) is 2.16. The number of carboxylic acid groups (broad SMARTS) is 1. The standard InChI is InChI=1S/C13H16N2O3/c1-8(2)15-7-6-11(16)14-12-9(13(17)18)4-3-5-10(12)15/h3-5,8H,6-7H2,1-2H3,(H,14,16)(H,17,18). The minimum atomic E-state index is -1.03. The molecule has 0 spiro atoms. The second kappa shape index (κ2) is 4.68. The lowest BCUT2D eigenvalue weighted by atomic mass is 10.1. The highest BCUT2D eigenvalue weighted by Crippen LogP contribution is 2.33.